The maximum atomic E-state index is 4.87. The number of benzene rings is 1. The number of nitrogens with zero attached hydrogens (tertiary/aromatic N) is 2. The zero-order chi connectivity index (χ0) is 20.2. The Morgan fingerprint density at radius 1 is 0.833 bits per heavy atom. The monoisotopic (exact) mass is 397 g/mol. The first-order chi connectivity index (χ1) is 14.9. The fraction of sp³-hybridized carbons (Fsp3) is 0.462. The molecule has 1 aromatic heterocycles. The molecule has 0 radical (unpaired) electrons. The van der Waals surface area contributed by atoms with E-state index in [2.05, 4.69) is 46.8 Å². The van der Waals surface area contributed by atoms with Crippen LogP contribution in [-0.4, -0.2) is 18.0 Å². The molecule has 0 amide bonds. The molecule has 2 fully saturated rings. The Bertz CT molecular complexity index is 911. The molecule has 0 saturated heterocycles. The van der Waals surface area contributed by atoms with E-state index in [1.807, 2.05) is 12.3 Å². The summed E-state index contributed by atoms with van der Waals surface area (Å²) in [6, 6.07) is 15.5. The van der Waals surface area contributed by atoms with E-state index in [-0.39, 0.29) is 0 Å². The van der Waals surface area contributed by atoms with Crippen LogP contribution in [0.25, 0.3) is 5.70 Å². The molecule has 1 atom stereocenters. The predicted octanol–water partition coefficient (Wildman–Crippen LogP) is 5.19. The number of allylic oxidation sites excluding steroid dienone is 1. The van der Waals surface area contributed by atoms with Crippen LogP contribution in [0.1, 0.15) is 75.5 Å². The number of fused-ring (bicyclic) bond motifs is 1. The first-order valence-electron chi connectivity index (χ1n) is 12.0. The van der Waals surface area contributed by atoms with Gasteiger partial charge < -0.3 is 0 Å². The Hall–Kier alpha value is -2.36. The number of nitrogens with one attached hydrogen (secondary N) is 1. The molecule has 4 heteroatoms. The average Bonchev–Trinajstić information content (AvgIpc) is 3.28. The van der Waals surface area contributed by atoms with Crippen LogP contribution in [0, 0.1) is 5.92 Å². The van der Waals surface area contributed by atoms with Crippen molar-refractivity contribution in [3.8, 4) is 0 Å². The standard InChI is InChI=1S/C26H32BN3/c1-2-4-12-23-22(11-3-1)25(29-30-26(23)24-13-7-8-18-28-24)19-14-16-21(17-15-19)27-20-9-5-6-10-20/h7-8,13-18,20,23,27,29H,1-6,9-12H2. The molecule has 1 aromatic carbocycles. The lowest BCUT2D eigenvalue weighted by atomic mass is 9.58. The zero-order valence-corrected chi connectivity index (χ0v) is 17.9. The highest BCUT2D eigenvalue weighted by molar-refractivity contribution is 6.55. The van der Waals surface area contributed by atoms with Crippen molar-refractivity contribution in [1.29, 1.82) is 0 Å². The van der Waals surface area contributed by atoms with Crippen LogP contribution >= 0.6 is 0 Å². The molecule has 1 aliphatic heterocycles. The summed E-state index contributed by atoms with van der Waals surface area (Å²) in [6.07, 6.45) is 15.1. The Morgan fingerprint density at radius 2 is 1.63 bits per heavy atom. The highest BCUT2D eigenvalue weighted by Gasteiger charge is 2.30. The lowest BCUT2D eigenvalue weighted by Gasteiger charge is -2.31. The van der Waals surface area contributed by atoms with E-state index in [9.17, 15) is 0 Å². The van der Waals surface area contributed by atoms with E-state index in [0.29, 0.717) is 5.92 Å². The highest BCUT2D eigenvalue weighted by Crippen LogP contribution is 2.37. The second-order valence-electron chi connectivity index (χ2n) is 9.28. The van der Waals surface area contributed by atoms with Crippen LogP contribution in [0.2, 0.25) is 5.82 Å². The van der Waals surface area contributed by atoms with Crippen LogP contribution in [0.5, 0.6) is 0 Å². The first-order valence-corrected chi connectivity index (χ1v) is 12.0. The van der Waals surface area contributed by atoms with Gasteiger partial charge in [-0.05, 0) is 42.5 Å². The SMILES string of the molecule is B(c1ccc(C2=C3CCCCCCC3C(c3ccccn3)=NN2)cc1)C1CCCC1. The summed E-state index contributed by atoms with van der Waals surface area (Å²) < 4.78 is 0. The van der Waals surface area contributed by atoms with Crippen molar-refractivity contribution in [2.45, 2.75) is 70.0 Å². The van der Waals surface area contributed by atoms with Gasteiger partial charge in [-0.1, -0.05) is 86.6 Å². The molecule has 0 bridgehead atoms. The molecule has 5 rings (SSSR count). The Morgan fingerprint density at radius 3 is 2.43 bits per heavy atom. The molecule has 2 heterocycles. The fourth-order valence-corrected chi connectivity index (χ4v) is 5.59. The molecule has 3 aliphatic rings. The van der Waals surface area contributed by atoms with Gasteiger partial charge in [-0.3, -0.25) is 10.4 Å². The molecule has 0 spiro atoms. The third-order valence-electron chi connectivity index (χ3n) is 7.22. The largest absolute Gasteiger partial charge is 0.278 e. The van der Waals surface area contributed by atoms with E-state index in [1.54, 1.807) is 0 Å². The normalized spacial score (nSPS) is 22.5. The average molecular weight is 397 g/mol. The van der Waals surface area contributed by atoms with Crippen molar-refractivity contribution in [3.05, 3.63) is 65.5 Å². The molecular formula is C26H32BN3. The second-order valence-corrected chi connectivity index (χ2v) is 9.28. The molecule has 2 saturated carbocycles. The van der Waals surface area contributed by atoms with Gasteiger partial charge in [0.05, 0.1) is 17.1 Å². The number of rotatable bonds is 4. The van der Waals surface area contributed by atoms with Gasteiger partial charge in [0.25, 0.3) is 0 Å². The van der Waals surface area contributed by atoms with Crippen LogP contribution < -0.4 is 10.9 Å². The maximum absolute atomic E-state index is 4.87. The number of aromatic nitrogens is 1. The van der Waals surface area contributed by atoms with Gasteiger partial charge in [-0.25, -0.2) is 0 Å². The van der Waals surface area contributed by atoms with E-state index < -0.39 is 0 Å². The summed E-state index contributed by atoms with van der Waals surface area (Å²) >= 11 is 0. The van der Waals surface area contributed by atoms with E-state index >= 15 is 0 Å². The van der Waals surface area contributed by atoms with Crippen molar-refractivity contribution in [1.82, 2.24) is 10.4 Å². The van der Waals surface area contributed by atoms with Crippen molar-refractivity contribution in [3.63, 3.8) is 0 Å². The topological polar surface area (TPSA) is 37.3 Å². The maximum Gasteiger partial charge on any atom is 0.160 e. The van der Waals surface area contributed by atoms with Gasteiger partial charge in [-0.2, -0.15) is 5.10 Å². The van der Waals surface area contributed by atoms with E-state index in [1.165, 1.54) is 87.4 Å². The third kappa shape index (κ3) is 4.24. The summed E-state index contributed by atoms with van der Waals surface area (Å²) in [5, 5.41) is 4.87. The zero-order valence-electron chi connectivity index (χ0n) is 17.9. The van der Waals surface area contributed by atoms with Gasteiger partial charge in [0, 0.05) is 12.1 Å². The van der Waals surface area contributed by atoms with Crippen molar-refractivity contribution < 1.29 is 0 Å². The lowest BCUT2D eigenvalue weighted by Crippen LogP contribution is -2.30. The highest BCUT2D eigenvalue weighted by atomic mass is 15.3. The van der Waals surface area contributed by atoms with Gasteiger partial charge in [0.1, 0.15) is 0 Å². The lowest BCUT2D eigenvalue weighted by molar-refractivity contribution is 0.521. The fourth-order valence-electron chi connectivity index (χ4n) is 5.59. The molecule has 3 nitrogen and oxygen atoms in total. The third-order valence-corrected chi connectivity index (χ3v) is 7.22. The molecule has 2 aromatic rings. The molecular weight excluding hydrogens is 365 g/mol. The Balaban J connectivity index is 1.43. The summed E-state index contributed by atoms with van der Waals surface area (Å²) in [4.78, 5) is 4.61. The molecule has 154 valence electrons. The molecule has 30 heavy (non-hydrogen) atoms. The van der Waals surface area contributed by atoms with Crippen LogP contribution in [0.15, 0.2) is 59.3 Å². The van der Waals surface area contributed by atoms with Crippen LogP contribution in [0.3, 0.4) is 0 Å². The number of pyridine rings is 1. The number of hydrogen-bond acceptors (Lipinski definition) is 3. The van der Waals surface area contributed by atoms with Gasteiger partial charge in [0.15, 0.2) is 7.28 Å². The minimum absolute atomic E-state index is 0.384. The quantitative estimate of drug-likeness (QED) is 0.721. The van der Waals surface area contributed by atoms with Crippen molar-refractivity contribution in [2.24, 2.45) is 11.0 Å². The van der Waals surface area contributed by atoms with Gasteiger partial charge in [-0.15, -0.1) is 0 Å². The summed E-state index contributed by atoms with van der Waals surface area (Å²) in [7, 11) is 1.24. The number of hydrazone groups is 1. The molecule has 1 N–H and O–H groups in total. The Kier molecular flexibility index (Phi) is 6.01. The minimum Gasteiger partial charge on any atom is -0.278 e. The van der Waals surface area contributed by atoms with Gasteiger partial charge in [0.2, 0.25) is 0 Å². The minimum atomic E-state index is 0.384. The summed E-state index contributed by atoms with van der Waals surface area (Å²) in [5.41, 5.74) is 11.1. The molecule has 2 aliphatic carbocycles. The smallest absolute Gasteiger partial charge is 0.160 e. The van der Waals surface area contributed by atoms with Crippen LogP contribution in [-0.2, 0) is 0 Å². The van der Waals surface area contributed by atoms with E-state index in [0.717, 1.165) is 23.6 Å². The number of hydrogen-bond donors (Lipinski definition) is 1. The summed E-state index contributed by atoms with van der Waals surface area (Å²) in [6.45, 7) is 0. The van der Waals surface area contributed by atoms with Crippen molar-refractivity contribution in [2.75, 3.05) is 0 Å². The Labute approximate surface area is 181 Å². The second kappa shape index (κ2) is 9.20. The molecule has 1 unspecified atom stereocenters. The van der Waals surface area contributed by atoms with Crippen LogP contribution in [0.4, 0.5) is 0 Å². The summed E-state index contributed by atoms with van der Waals surface area (Å²) in [5.74, 6) is 1.28. The van der Waals surface area contributed by atoms with Gasteiger partial charge >= 0.3 is 0 Å². The predicted molar refractivity (Wildman–Crippen MR) is 127 cm³/mol. The van der Waals surface area contributed by atoms with Crippen molar-refractivity contribution >= 4 is 24.2 Å². The van der Waals surface area contributed by atoms with E-state index in [4.69, 9.17) is 5.10 Å². The first kappa shape index (κ1) is 19.6.